The van der Waals surface area contributed by atoms with Gasteiger partial charge >= 0.3 is 12.1 Å². The molecule has 0 aromatic heterocycles. The molecule has 1 rings (SSSR count). The molecular weight excluding hydrogens is 356 g/mol. The number of nitrogens with one attached hydrogen (secondary N) is 1. The lowest BCUT2D eigenvalue weighted by Crippen LogP contribution is -2.50. The van der Waals surface area contributed by atoms with Gasteiger partial charge in [0.1, 0.15) is 19.3 Å². The van der Waals surface area contributed by atoms with Crippen LogP contribution in [0, 0.1) is 0 Å². The number of benzene rings is 1. The molecule has 1 aromatic carbocycles. The van der Waals surface area contributed by atoms with E-state index in [-0.39, 0.29) is 13.0 Å². The van der Waals surface area contributed by atoms with Crippen molar-refractivity contribution in [3.8, 4) is 0 Å². The number of amides is 1. The number of halogens is 2. The van der Waals surface area contributed by atoms with E-state index >= 15 is 0 Å². The normalized spacial score (nSPS) is 11.9. The van der Waals surface area contributed by atoms with Crippen LogP contribution >= 0.6 is 0 Å². The first kappa shape index (κ1) is 22.3. The van der Waals surface area contributed by atoms with Gasteiger partial charge in [-0.15, -0.1) is 13.2 Å². The molecule has 0 saturated carbocycles. The summed E-state index contributed by atoms with van der Waals surface area (Å²) in [7, 11) is 0. The van der Waals surface area contributed by atoms with E-state index in [0.717, 1.165) is 11.6 Å². The quantitative estimate of drug-likeness (QED) is 0.331. The van der Waals surface area contributed by atoms with Crippen LogP contribution < -0.4 is 5.32 Å². The maximum Gasteiger partial charge on any atom is 0.408 e. The number of allylic oxidation sites excluding steroid dienone is 2. The minimum Gasteiger partial charge on any atom is -0.463 e. The van der Waals surface area contributed by atoms with Crippen LogP contribution in [-0.2, 0) is 20.9 Å². The van der Waals surface area contributed by atoms with Crippen LogP contribution in [0.5, 0.6) is 0 Å². The fourth-order valence-electron chi connectivity index (χ4n) is 2.15. The van der Waals surface area contributed by atoms with E-state index in [4.69, 9.17) is 9.47 Å². The largest absolute Gasteiger partial charge is 0.463 e. The van der Waals surface area contributed by atoms with E-state index in [1.165, 1.54) is 0 Å². The second kappa shape index (κ2) is 11.8. The van der Waals surface area contributed by atoms with E-state index in [1.807, 2.05) is 0 Å². The number of alkyl carbamates (subject to hydrolysis) is 1. The minimum atomic E-state index is -3.34. The maximum atomic E-state index is 14.2. The van der Waals surface area contributed by atoms with Crippen LogP contribution in [0.15, 0.2) is 55.6 Å². The van der Waals surface area contributed by atoms with Crippen molar-refractivity contribution in [2.75, 3.05) is 6.61 Å². The zero-order valence-corrected chi connectivity index (χ0v) is 15.2. The van der Waals surface area contributed by atoms with Gasteiger partial charge in [-0.1, -0.05) is 42.5 Å². The van der Waals surface area contributed by atoms with Crippen LogP contribution in [0.4, 0.5) is 13.6 Å². The lowest BCUT2D eigenvalue weighted by Gasteiger charge is -2.26. The Morgan fingerprint density at radius 1 is 1.15 bits per heavy atom. The number of alkyl halides is 2. The van der Waals surface area contributed by atoms with Crippen molar-refractivity contribution >= 4 is 12.1 Å². The van der Waals surface area contributed by atoms with Gasteiger partial charge in [-0.2, -0.15) is 0 Å². The summed E-state index contributed by atoms with van der Waals surface area (Å²) in [6.07, 6.45) is 2.22. The summed E-state index contributed by atoms with van der Waals surface area (Å²) in [4.78, 5) is 23.5. The summed E-state index contributed by atoms with van der Waals surface area (Å²) in [5.74, 6) is -3.95. The molecule has 27 heavy (non-hydrogen) atoms. The van der Waals surface area contributed by atoms with Gasteiger partial charge in [0.25, 0.3) is 5.92 Å². The molecule has 1 amide bonds. The van der Waals surface area contributed by atoms with Gasteiger partial charge in [0.05, 0.1) is 0 Å². The topological polar surface area (TPSA) is 64.6 Å². The van der Waals surface area contributed by atoms with Gasteiger partial charge in [0, 0.05) is 12.8 Å². The minimum absolute atomic E-state index is 0.0617. The number of carbonyl (C=O) groups excluding carboxylic acids is 2. The summed E-state index contributed by atoms with van der Waals surface area (Å²) in [6, 6.07) is 7.10. The summed E-state index contributed by atoms with van der Waals surface area (Å²) in [5.41, 5.74) is 0.718. The lowest BCUT2D eigenvalue weighted by atomic mass is 10.1. The van der Waals surface area contributed by atoms with Crippen LogP contribution in [-0.4, -0.2) is 30.6 Å². The van der Waals surface area contributed by atoms with Crippen molar-refractivity contribution < 1.29 is 27.8 Å². The monoisotopic (exact) mass is 381 g/mol. The van der Waals surface area contributed by atoms with Crippen LogP contribution in [0.2, 0.25) is 0 Å². The summed E-state index contributed by atoms with van der Waals surface area (Å²) < 4.78 is 38.3. The standard InChI is InChI=1S/C20H25F2NO4/c1-3-5-7-12-18(24)26-15-17(20(21,22)13-4-2)23-19(25)27-14-16-10-8-6-9-11-16/h3-4,6,8-11,17H,1-2,5,7,12-15H2,(H,23,25)/t17-/m1/s1. The molecule has 5 nitrogen and oxygen atoms in total. The summed E-state index contributed by atoms with van der Waals surface area (Å²) in [5, 5.41) is 2.08. The Balaban J connectivity index is 2.59. The molecule has 1 N–H and O–H groups in total. The highest BCUT2D eigenvalue weighted by atomic mass is 19.3. The number of unbranched alkanes of at least 4 members (excludes halogenated alkanes) is 1. The van der Waals surface area contributed by atoms with E-state index in [2.05, 4.69) is 18.5 Å². The number of carbonyl (C=O) groups is 2. The van der Waals surface area contributed by atoms with Gasteiger partial charge in [-0.25, -0.2) is 13.6 Å². The molecule has 7 heteroatoms. The van der Waals surface area contributed by atoms with Crippen molar-refractivity contribution in [1.29, 1.82) is 0 Å². The molecule has 1 aromatic rings. The third kappa shape index (κ3) is 8.99. The molecule has 0 unspecified atom stereocenters. The average molecular weight is 381 g/mol. The van der Waals surface area contributed by atoms with Crippen molar-refractivity contribution in [3.05, 3.63) is 61.2 Å². The molecule has 0 fully saturated rings. The highest BCUT2D eigenvalue weighted by Crippen LogP contribution is 2.24. The Morgan fingerprint density at radius 2 is 1.85 bits per heavy atom. The molecule has 0 spiro atoms. The van der Waals surface area contributed by atoms with E-state index in [1.54, 1.807) is 36.4 Å². The van der Waals surface area contributed by atoms with Crippen LogP contribution in [0.3, 0.4) is 0 Å². The third-order valence-corrected chi connectivity index (χ3v) is 3.63. The number of rotatable bonds is 12. The fourth-order valence-corrected chi connectivity index (χ4v) is 2.15. The Bertz CT molecular complexity index is 620. The highest BCUT2D eigenvalue weighted by Gasteiger charge is 2.40. The second-order valence-corrected chi connectivity index (χ2v) is 5.88. The van der Waals surface area contributed by atoms with E-state index in [9.17, 15) is 18.4 Å². The number of hydrogen-bond acceptors (Lipinski definition) is 4. The SMILES string of the molecule is C=CCCCC(=O)OC[C@@H](NC(=O)OCc1ccccc1)C(F)(F)CC=C. The Morgan fingerprint density at radius 3 is 2.48 bits per heavy atom. The first-order valence-electron chi connectivity index (χ1n) is 8.61. The molecule has 148 valence electrons. The van der Waals surface area contributed by atoms with Crippen LogP contribution in [0.1, 0.15) is 31.2 Å². The van der Waals surface area contributed by atoms with Crippen molar-refractivity contribution in [1.82, 2.24) is 5.32 Å². The predicted octanol–water partition coefficient (Wildman–Crippen LogP) is 4.39. The van der Waals surface area contributed by atoms with Gasteiger partial charge in [-0.05, 0) is 18.4 Å². The van der Waals surface area contributed by atoms with Gasteiger partial charge in [0.2, 0.25) is 0 Å². The number of ether oxygens (including phenoxy) is 2. The Hall–Kier alpha value is -2.70. The Kier molecular flexibility index (Phi) is 9.79. The first-order valence-corrected chi connectivity index (χ1v) is 8.61. The molecule has 0 heterocycles. The maximum absolute atomic E-state index is 14.2. The summed E-state index contributed by atoms with van der Waals surface area (Å²) in [6.45, 7) is 6.10. The van der Waals surface area contributed by atoms with Crippen molar-refractivity contribution in [2.24, 2.45) is 0 Å². The molecule has 0 bridgehead atoms. The van der Waals surface area contributed by atoms with Gasteiger partial charge < -0.3 is 14.8 Å². The molecule has 0 aliphatic carbocycles. The first-order chi connectivity index (χ1) is 12.9. The van der Waals surface area contributed by atoms with Crippen molar-refractivity contribution in [2.45, 2.75) is 44.3 Å². The molecule has 0 aliphatic rings. The molecule has 1 atom stereocenters. The van der Waals surface area contributed by atoms with Crippen molar-refractivity contribution in [3.63, 3.8) is 0 Å². The Labute approximate surface area is 158 Å². The molecular formula is C20H25F2NO4. The lowest BCUT2D eigenvalue weighted by molar-refractivity contribution is -0.148. The smallest absolute Gasteiger partial charge is 0.408 e. The third-order valence-electron chi connectivity index (χ3n) is 3.63. The summed E-state index contributed by atoms with van der Waals surface area (Å²) >= 11 is 0. The molecule has 0 radical (unpaired) electrons. The fraction of sp³-hybridized carbons (Fsp3) is 0.400. The average Bonchev–Trinajstić information content (AvgIpc) is 2.64. The highest BCUT2D eigenvalue weighted by molar-refractivity contribution is 5.70. The molecule has 0 saturated heterocycles. The van der Waals surface area contributed by atoms with Crippen LogP contribution in [0.25, 0.3) is 0 Å². The number of hydrogen-bond donors (Lipinski definition) is 1. The van der Waals surface area contributed by atoms with Gasteiger partial charge in [-0.3, -0.25) is 4.79 Å². The zero-order chi connectivity index (χ0) is 20.1. The zero-order valence-electron chi connectivity index (χ0n) is 15.2. The van der Waals surface area contributed by atoms with E-state index < -0.39 is 37.1 Å². The molecule has 0 aliphatic heterocycles. The van der Waals surface area contributed by atoms with E-state index in [0.29, 0.717) is 12.8 Å². The number of esters is 1. The second-order valence-electron chi connectivity index (χ2n) is 5.88. The predicted molar refractivity (Wildman–Crippen MR) is 98.3 cm³/mol. The van der Waals surface area contributed by atoms with Gasteiger partial charge in [0.15, 0.2) is 0 Å².